The van der Waals surface area contributed by atoms with E-state index < -0.39 is 11.6 Å². The zero-order valence-corrected chi connectivity index (χ0v) is 11.6. The summed E-state index contributed by atoms with van der Waals surface area (Å²) in [7, 11) is 0. The van der Waals surface area contributed by atoms with Crippen LogP contribution in [0, 0.1) is 6.92 Å². The van der Waals surface area contributed by atoms with Gasteiger partial charge in [0.15, 0.2) is 5.60 Å². The maximum atomic E-state index is 11.7. The minimum atomic E-state index is -1.05. The summed E-state index contributed by atoms with van der Waals surface area (Å²) in [5, 5.41) is 11.4. The molecule has 0 amide bonds. The molecule has 0 aromatic heterocycles. The molecular formula is C14H19NO4. The van der Waals surface area contributed by atoms with E-state index in [1.807, 2.05) is 6.92 Å². The molecule has 0 bridgehead atoms. The molecule has 5 heteroatoms. The van der Waals surface area contributed by atoms with Crippen LogP contribution in [0.2, 0.25) is 0 Å². The molecule has 0 saturated heterocycles. The summed E-state index contributed by atoms with van der Waals surface area (Å²) < 4.78 is 10.7. The van der Waals surface area contributed by atoms with Crippen LogP contribution >= 0.6 is 0 Å². The molecule has 0 fully saturated rings. The third kappa shape index (κ3) is 3.98. The molecular weight excluding hydrogens is 246 g/mol. The molecule has 0 saturated carbocycles. The number of ether oxygens (including phenoxy) is 2. The van der Waals surface area contributed by atoms with Crippen molar-refractivity contribution in [3.8, 4) is 5.75 Å². The molecule has 1 aromatic rings. The normalized spacial score (nSPS) is 11.6. The third-order valence-electron chi connectivity index (χ3n) is 2.54. The second-order valence-corrected chi connectivity index (χ2v) is 4.60. The first-order chi connectivity index (χ1) is 8.90. The van der Waals surface area contributed by atoms with Gasteiger partial charge in [0, 0.05) is 0 Å². The summed E-state index contributed by atoms with van der Waals surface area (Å²) in [4.78, 5) is 11.7. The highest BCUT2D eigenvalue weighted by molar-refractivity contribution is 5.80. The van der Waals surface area contributed by atoms with Crippen molar-refractivity contribution in [1.29, 1.82) is 0 Å². The van der Waals surface area contributed by atoms with Crippen molar-refractivity contribution in [2.75, 3.05) is 6.61 Å². The number of hydrogen-bond donors (Lipinski definition) is 1. The Hall–Kier alpha value is -2.04. The Kier molecular flexibility index (Phi) is 4.92. The van der Waals surface area contributed by atoms with Gasteiger partial charge in [-0.25, -0.2) is 4.79 Å². The number of aryl methyl sites for hydroxylation is 1. The lowest BCUT2D eigenvalue weighted by atomic mass is 10.1. The number of carbonyl (C=O) groups excluding carboxylic acids is 1. The van der Waals surface area contributed by atoms with E-state index in [-0.39, 0.29) is 0 Å². The third-order valence-corrected chi connectivity index (χ3v) is 2.54. The predicted octanol–water partition coefficient (Wildman–Crippen LogP) is 2.52. The van der Waals surface area contributed by atoms with Gasteiger partial charge in [0.1, 0.15) is 5.75 Å². The number of rotatable bonds is 5. The summed E-state index contributed by atoms with van der Waals surface area (Å²) in [6, 6.07) is 5.27. The molecule has 0 spiro atoms. The second-order valence-electron chi connectivity index (χ2n) is 4.60. The predicted molar refractivity (Wildman–Crippen MR) is 71.9 cm³/mol. The minimum Gasteiger partial charge on any atom is -0.476 e. The fourth-order valence-corrected chi connectivity index (χ4v) is 1.56. The molecule has 1 aromatic carbocycles. The molecule has 1 rings (SSSR count). The summed E-state index contributed by atoms with van der Waals surface area (Å²) >= 11 is 0. The highest BCUT2D eigenvalue weighted by atomic mass is 16.6. The van der Waals surface area contributed by atoms with Crippen LogP contribution in [0.15, 0.2) is 23.4 Å². The Balaban J connectivity index is 2.90. The van der Waals surface area contributed by atoms with Gasteiger partial charge in [-0.3, -0.25) is 0 Å². The smallest absolute Gasteiger partial charge is 0.349 e. The molecule has 104 valence electrons. The monoisotopic (exact) mass is 265 g/mol. The van der Waals surface area contributed by atoms with Crippen molar-refractivity contribution in [1.82, 2.24) is 0 Å². The van der Waals surface area contributed by atoms with Gasteiger partial charge in [-0.15, -0.1) is 0 Å². The molecule has 5 nitrogen and oxygen atoms in total. The lowest BCUT2D eigenvalue weighted by Crippen LogP contribution is -2.39. The van der Waals surface area contributed by atoms with E-state index in [1.54, 1.807) is 39.0 Å². The zero-order chi connectivity index (χ0) is 14.5. The molecule has 0 aliphatic heterocycles. The molecule has 19 heavy (non-hydrogen) atoms. The first kappa shape index (κ1) is 15.0. The van der Waals surface area contributed by atoms with E-state index >= 15 is 0 Å². The van der Waals surface area contributed by atoms with Gasteiger partial charge in [-0.2, -0.15) is 0 Å². The number of esters is 1. The quantitative estimate of drug-likeness (QED) is 0.384. The van der Waals surface area contributed by atoms with E-state index in [2.05, 4.69) is 5.16 Å². The molecule has 0 heterocycles. The van der Waals surface area contributed by atoms with E-state index in [1.165, 1.54) is 6.21 Å². The first-order valence-corrected chi connectivity index (χ1v) is 6.05. The van der Waals surface area contributed by atoms with Crippen LogP contribution in [0.5, 0.6) is 5.75 Å². The maximum Gasteiger partial charge on any atom is 0.349 e. The first-order valence-electron chi connectivity index (χ1n) is 6.05. The van der Waals surface area contributed by atoms with Crippen LogP contribution in [-0.4, -0.2) is 29.6 Å². The van der Waals surface area contributed by atoms with Crippen molar-refractivity contribution >= 4 is 12.2 Å². The second kappa shape index (κ2) is 6.22. The fourth-order valence-electron chi connectivity index (χ4n) is 1.56. The number of benzene rings is 1. The van der Waals surface area contributed by atoms with Crippen LogP contribution in [0.1, 0.15) is 31.9 Å². The maximum absolute atomic E-state index is 11.7. The largest absolute Gasteiger partial charge is 0.476 e. The molecule has 0 radical (unpaired) electrons. The summed E-state index contributed by atoms with van der Waals surface area (Å²) in [6.07, 6.45) is 1.33. The van der Waals surface area contributed by atoms with Gasteiger partial charge in [0.25, 0.3) is 0 Å². The average Bonchev–Trinajstić information content (AvgIpc) is 2.33. The van der Waals surface area contributed by atoms with Crippen LogP contribution in [0.25, 0.3) is 0 Å². The molecule has 0 aliphatic carbocycles. The Labute approximate surface area is 112 Å². The number of oxime groups is 1. The summed E-state index contributed by atoms with van der Waals surface area (Å²) in [6.45, 7) is 7.24. The standard InChI is InChI=1S/C14H19NO4/c1-5-18-13(16)14(3,4)19-12-7-6-11(9-15-17)8-10(12)2/h6-9,17H,5H2,1-4H3/b15-9-. The van der Waals surface area contributed by atoms with Crippen molar-refractivity contribution < 1.29 is 19.5 Å². The molecule has 0 atom stereocenters. The SMILES string of the molecule is CCOC(=O)C(C)(C)Oc1ccc(/C=N\O)cc1C. The van der Waals surface area contributed by atoms with Gasteiger partial charge in [-0.05, 0) is 57.0 Å². The van der Waals surface area contributed by atoms with Crippen LogP contribution < -0.4 is 4.74 Å². The topological polar surface area (TPSA) is 68.1 Å². The fraction of sp³-hybridized carbons (Fsp3) is 0.429. The van der Waals surface area contributed by atoms with Crippen molar-refractivity contribution in [2.24, 2.45) is 5.16 Å². The molecule has 0 unspecified atom stereocenters. The van der Waals surface area contributed by atoms with Gasteiger partial charge in [0.05, 0.1) is 12.8 Å². The summed E-state index contributed by atoms with van der Waals surface area (Å²) in [5.41, 5.74) is 0.545. The van der Waals surface area contributed by atoms with Crippen LogP contribution in [0.4, 0.5) is 0 Å². The van der Waals surface area contributed by atoms with Crippen LogP contribution in [-0.2, 0) is 9.53 Å². The molecule has 1 N–H and O–H groups in total. The number of carbonyl (C=O) groups is 1. The van der Waals surface area contributed by atoms with E-state index in [0.29, 0.717) is 12.4 Å². The van der Waals surface area contributed by atoms with E-state index in [0.717, 1.165) is 11.1 Å². The Bertz CT molecular complexity index is 480. The zero-order valence-electron chi connectivity index (χ0n) is 11.6. The molecule has 0 aliphatic rings. The Morgan fingerprint density at radius 2 is 2.16 bits per heavy atom. The van der Waals surface area contributed by atoms with Crippen molar-refractivity contribution in [3.63, 3.8) is 0 Å². The van der Waals surface area contributed by atoms with Crippen LogP contribution in [0.3, 0.4) is 0 Å². The average molecular weight is 265 g/mol. The minimum absolute atomic E-state index is 0.316. The van der Waals surface area contributed by atoms with E-state index in [9.17, 15) is 4.79 Å². The lowest BCUT2D eigenvalue weighted by molar-refractivity contribution is -0.158. The number of nitrogens with zero attached hydrogens (tertiary/aromatic N) is 1. The van der Waals surface area contributed by atoms with E-state index in [4.69, 9.17) is 14.7 Å². The van der Waals surface area contributed by atoms with Crippen molar-refractivity contribution in [2.45, 2.75) is 33.3 Å². The van der Waals surface area contributed by atoms with Gasteiger partial charge in [-0.1, -0.05) is 5.16 Å². The Morgan fingerprint density at radius 3 is 2.68 bits per heavy atom. The highest BCUT2D eigenvalue weighted by Gasteiger charge is 2.31. The highest BCUT2D eigenvalue weighted by Crippen LogP contribution is 2.24. The van der Waals surface area contributed by atoms with Gasteiger partial charge in [0.2, 0.25) is 0 Å². The van der Waals surface area contributed by atoms with Gasteiger partial charge >= 0.3 is 5.97 Å². The van der Waals surface area contributed by atoms with Crippen molar-refractivity contribution in [3.05, 3.63) is 29.3 Å². The van der Waals surface area contributed by atoms with Gasteiger partial charge < -0.3 is 14.7 Å². The Morgan fingerprint density at radius 1 is 1.47 bits per heavy atom. The summed E-state index contributed by atoms with van der Waals surface area (Å²) in [5.74, 6) is 0.184. The number of hydrogen-bond acceptors (Lipinski definition) is 5. The lowest BCUT2D eigenvalue weighted by Gasteiger charge is -2.25.